The molecule has 2 aliphatic rings. The Hall–Kier alpha value is -2.37. The van der Waals surface area contributed by atoms with E-state index in [2.05, 4.69) is 10.1 Å². The molecule has 0 saturated carbocycles. The van der Waals surface area contributed by atoms with Crippen molar-refractivity contribution in [3.05, 3.63) is 47.7 Å². The highest BCUT2D eigenvalue weighted by atomic mass is 19.1. The van der Waals surface area contributed by atoms with Gasteiger partial charge in [0.1, 0.15) is 11.6 Å². The molecule has 1 aromatic carbocycles. The van der Waals surface area contributed by atoms with Crippen LogP contribution in [0.2, 0.25) is 0 Å². The van der Waals surface area contributed by atoms with Gasteiger partial charge in [-0.2, -0.15) is 5.10 Å². The van der Waals surface area contributed by atoms with E-state index in [0.717, 1.165) is 6.07 Å². The molecule has 0 fully saturated rings. The van der Waals surface area contributed by atoms with E-state index < -0.39 is 23.6 Å². The number of benzene rings is 1. The molecule has 6 heteroatoms. The topological polar surface area (TPSA) is 45.0 Å². The maximum atomic E-state index is 13.3. The third kappa shape index (κ3) is 2.24. The Balaban J connectivity index is 1.87. The Labute approximate surface area is 114 Å². The molecule has 102 valence electrons. The van der Waals surface area contributed by atoms with Crippen LogP contribution in [-0.4, -0.2) is 23.3 Å². The molecule has 0 spiro atoms. The maximum Gasteiger partial charge on any atom is 0.255 e. The summed E-state index contributed by atoms with van der Waals surface area (Å²) in [5.74, 6) is -2.06. The monoisotopic (exact) mass is 275 g/mol. The van der Waals surface area contributed by atoms with Crippen molar-refractivity contribution in [1.29, 1.82) is 0 Å². The van der Waals surface area contributed by atoms with E-state index >= 15 is 0 Å². The van der Waals surface area contributed by atoms with Crippen LogP contribution in [0.4, 0.5) is 8.78 Å². The zero-order chi connectivity index (χ0) is 14.1. The Morgan fingerprint density at radius 2 is 2.00 bits per heavy atom. The summed E-state index contributed by atoms with van der Waals surface area (Å²) in [5.41, 5.74) is 0.396. The molecule has 0 N–H and O–H groups in total. The van der Waals surface area contributed by atoms with Crippen LogP contribution < -0.4 is 0 Å². The third-order valence-corrected chi connectivity index (χ3v) is 3.24. The Morgan fingerprint density at radius 1 is 1.25 bits per heavy atom. The lowest BCUT2D eigenvalue weighted by Crippen LogP contribution is -2.32. The molecule has 4 nitrogen and oxygen atoms in total. The predicted octanol–water partition coefficient (Wildman–Crippen LogP) is 2.44. The van der Waals surface area contributed by atoms with Crippen LogP contribution in [-0.2, 0) is 4.79 Å². The minimum absolute atomic E-state index is 0.258. The second-order valence-corrected chi connectivity index (χ2v) is 4.60. The molecule has 0 aromatic heterocycles. The molecule has 1 unspecified atom stereocenters. The number of carbonyl (C=O) groups is 1. The molecule has 1 amide bonds. The average Bonchev–Trinajstić information content (AvgIpc) is 3.08. The summed E-state index contributed by atoms with van der Waals surface area (Å²) in [4.78, 5) is 16.1. The van der Waals surface area contributed by atoms with Gasteiger partial charge in [0.2, 0.25) is 0 Å². The zero-order valence-electron chi connectivity index (χ0n) is 10.4. The van der Waals surface area contributed by atoms with Crippen LogP contribution in [0.3, 0.4) is 0 Å². The Morgan fingerprint density at radius 3 is 2.65 bits per heavy atom. The first-order valence-electron chi connectivity index (χ1n) is 6.16. The molecule has 2 heterocycles. The number of nitrogens with zero attached hydrogens (tertiary/aromatic N) is 3. The van der Waals surface area contributed by atoms with Crippen molar-refractivity contribution in [3.63, 3.8) is 0 Å². The number of rotatable bonds is 2. The van der Waals surface area contributed by atoms with Gasteiger partial charge in [0, 0.05) is 31.1 Å². The largest absolute Gasteiger partial charge is 0.272 e. The molecule has 0 bridgehead atoms. The summed E-state index contributed by atoms with van der Waals surface area (Å²) in [6.07, 6.45) is 6.71. The number of hydrogen-bond acceptors (Lipinski definition) is 3. The van der Waals surface area contributed by atoms with Crippen molar-refractivity contribution in [3.8, 4) is 0 Å². The minimum atomic E-state index is -0.665. The fourth-order valence-corrected chi connectivity index (χ4v) is 2.30. The molecular formula is C14H11F2N3O. The van der Waals surface area contributed by atoms with Crippen LogP contribution in [0.1, 0.15) is 18.0 Å². The van der Waals surface area contributed by atoms with E-state index in [1.165, 1.54) is 23.4 Å². The Kier molecular flexibility index (Phi) is 3.14. The molecule has 0 radical (unpaired) electrons. The normalized spacial score (nSPS) is 23.8. The van der Waals surface area contributed by atoms with Crippen LogP contribution in [0.25, 0.3) is 0 Å². The van der Waals surface area contributed by atoms with Gasteiger partial charge in [-0.15, -0.1) is 0 Å². The van der Waals surface area contributed by atoms with Gasteiger partial charge < -0.3 is 0 Å². The molecule has 0 saturated heterocycles. The number of amides is 1. The molecule has 3 rings (SSSR count). The van der Waals surface area contributed by atoms with E-state index in [4.69, 9.17) is 0 Å². The maximum absolute atomic E-state index is 13.3. The number of aliphatic imine (C=N–C) groups is 1. The Bertz CT molecular complexity index is 607. The van der Waals surface area contributed by atoms with E-state index in [0.29, 0.717) is 12.0 Å². The van der Waals surface area contributed by atoms with Crippen molar-refractivity contribution >= 4 is 18.3 Å². The molecule has 2 aliphatic heterocycles. The average molecular weight is 275 g/mol. The second kappa shape index (κ2) is 4.96. The number of hydrazone groups is 1. The van der Waals surface area contributed by atoms with Crippen LogP contribution >= 0.6 is 0 Å². The lowest BCUT2D eigenvalue weighted by atomic mass is 10.0. The van der Waals surface area contributed by atoms with Crippen LogP contribution in [0.5, 0.6) is 0 Å². The summed E-state index contributed by atoms with van der Waals surface area (Å²) in [6.45, 7) is 0. The first kappa shape index (κ1) is 12.7. The number of carbonyl (C=O) groups excluding carboxylic acids is 1. The van der Waals surface area contributed by atoms with Crippen molar-refractivity contribution in [2.45, 2.75) is 12.5 Å². The smallest absolute Gasteiger partial charge is 0.255 e. The highest BCUT2D eigenvalue weighted by molar-refractivity contribution is 5.97. The van der Waals surface area contributed by atoms with E-state index in [-0.39, 0.29) is 5.91 Å². The second-order valence-electron chi connectivity index (χ2n) is 4.60. The van der Waals surface area contributed by atoms with Gasteiger partial charge in [0.15, 0.2) is 0 Å². The van der Waals surface area contributed by atoms with Gasteiger partial charge in [0.25, 0.3) is 5.91 Å². The molecule has 1 aromatic rings. The zero-order valence-corrected chi connectivity index (χ0v) is 10.4. The van der Waals surface area contributed by atoms with Gasteiger partial charge >= 0.3 is 0 Å². The number of hydrogen-bond donors (Lipinski definition) is 0. The van der Waals surface area contributed by atoms with Crippen LogP contribution in [0.15, 0.2) is 40.6 Å². The summed E-state index contributed by atoms with van der Waals surface area (Å²) in [5, 5.41) is 5.28. The molecule has 2 atom stereocenters. The number of halogens is 2. The summed E-state index contributed by atoms with van der Waals surface area (Å²) in [7, 11) is 0. The summed E-state index contributed by atoms with van der Waals surface area (Å²) in [6, 6.07) is 2.77. The minimum Gasteiger partial charge on any atom is -0.272 e. The molecule has 20 heavy (non-hydrogen) atoms. The fraction of sp³-hybridized carbons (Fsp3) is 0.214. The summed E-state index contributed by atoms with van der Waals surface area (Å²) < 4.78 is 26.6. The van der Waals surface area contributed by atoms with Gasteiger partial charge in [-0.05, 0) is 23.8 Å². The van der Waals surface area contributed by atoms with E-state index in [1.54, 1.807) is 18.5 Å². The van der Waals surface area contributed by atoms with E-state index in [1.807, 2.05) is 0 Å². The first-order valence-corrected chi connectivity index (χ1v) is 6.16. The quantitative estimate of drug-likeness (QED) is 0.817. The van der Waals surface area contributed by atoms with Gasteiger partial charge in [0.05, 0.1) is 12.0 Å². The van der Waals surface area contributed by atoms with Gasteiger partial charge in [-0.25, -0.2) is 13.8 Å². The SMILES string of the molecule is O=C(C1C=CN=C1)N1N=CC[C@H]1c1cc(F)cc(F)c1. The first-order chi connectivity index (χ1) is 9.65. The van der Waals surface area contributed by atoms with Crippen molar-refractivity contribution < 1.29 is 13.6 Å². The highest BCUT2D eigenvalue weighted by Gasteiger charge is 2.32. The van der Waals surface area contributed by atoms with Gasteiger partial charge in [-0.1, -0.05) is 0 Å². The highest BCUT2D eigenvalue weighted by Crippen LogP contribution is 2.30. The standard InChI is InChI=1S/C14H11F2N3O/c15-11-5-10(6-12(16)7-11)13-2-4-18-19(13)14(20)9-1-3-17-8-9/h1,3-9,13H,2H2/t9?,13-/m0/s1. The molecule has 0 aliphatic carbocycles. The van der Waals surface area contributed by atoms with Crippen LogP contribution in [0, 0.1) is 17.6 Å². The third-order valence-electron chi connectivity index (χ3n) is 3.24. The van der Waals surface area contributed by atoms with Crippen molar-refractivity contribution in [1.82, 2.24) is 5.01 Å². The lowest BCUT2D eigenvalue weighted by Gasteiger charge is -2.23. The van der Waals surface area contributed by atoms with Gasteiger partial charge in [-0.3, -0.25) is 9.79 Å². The predicted molar refractivity (Wildman–Crippen MR) is 70.2 cm³/mol. The summed E-state index contributed by atoms with van der Waals surface area (Å²) >= 11 is 0. The van der Waals surface area contributed by atoms with E-state index in [9.17, 15) is 13.6 Å². The lowest BCUT2D eigenvalue weighted by molar-refractivity contribution is -0.133. The van der Waals surface area contributed by atoms with Crippen molar-refractivity contribution in [2.75, 3.05) is 0 Å². The molecular weight excluding hydrogens is 264 g/mol. The van der Waals surface area contributed by atoms with Crippen molar-refractivity contribution in [2.24, 2.45) is 16.0 Å². The fourth-order valence-electron chi connectivity index (χ4n) is 2.30.